The van der Waals surface area contributed by atoms with E-state index in [1.54, 1.807) is 45.6 Å². The first-order valence-corrected chi connectivity index (χ1v) is 13.0. The summed E-state index contributed by atoms with van der Waals surface area (Å²) < 4.78 is 58.7. The van der Waals surface area contributed by atoms with Crippen molar-refractivity contribution >= 4 is 11.8 Å². The van der Waals surface area contributed by atoms with Crippen LogP contribution in [0.15, 0.2) is 24.3 Å². The van der Waals surface area contributed by atoms with Crippen LogP contribution in [0.1, 0.15) is 20.7 Å². The summed E-state index contributed by atoms with van der Waals surface area (Å²) >= 11 is 0. The molecule has 13 nitrogen and oxygen atoms in total. The lowest BCUT2D eigenvalue weighted by Crippen LogP contribution is -2.66. The van der Waals surface area contributed by atoms with Crippen molar-refractivity contribution < 1.29 is 57.0 Å². The molecule has 0 radical (unpaired) electrons. The SMILES string of the molecule is COC[C@H]1O[C@H](O[C@H]2[C@H](OC)[C@@H](OC)[C@@H](OC)O[C@@H]2CN2C(=O)c3ccccc3C2=O)[C@@H](OC)[C@@H](OC)[C@@H]1OC. The average Bonchev–Trinajstić information content (AvgIpc) is 3.21. The Kier molecular flexibility index (Phi) is 10.6. The molecule has 224 valence electrons. The fourth-order valence-electron chi connectivity index (χ4n) is 5.72. The second kappa shape index (κ2) is 13.7. The van der Waals surface area contributed by atoms with Crippen LogP contribution in [-0.4, -0.2) is 141 Å². The molecule has 2 saturated heterocycles. The smallest absolute Gasteiger partial charge is 0.261 e. The Bertz CT molecular complexity index is 974. The van der Waals surface area contributed by atoms with Crippen molar-refractivity contribution in [3.8, 4) is 0 Å². The van der Waals surface area contributed by atoms with Gasteiger partial charge in [0.25, 0.3) is 11.8 Å². The molecule has 0 saturated carbocycles. The van der Waals surface area contributed by atoms with E-state index in [0.717, 1.165) is 4.90 Å². The molecule has 13 heteroatoms. The quantitative estimate of drug-likeness (QED) is 0.325. The van der Waals surface area contributed by atoms with Crippen molar-refractivity contribution in [2.75, 3.05) is 62.9 Å². The summed E-state index contributed by atoms with van der Waals surface area (Å²) in [4.78, 5) is 27.5. The number of nitrogens with zero attached hydrogens (tertiary/aromatic N) is 1. The molecule has 2 fully saturated rings. The predicted molar refractivity (Wildman–Crippen MR) is 137 cm³/mol. The zero-order valence-corrected chi connectivity index (χ0v) is 23.8. The van der Waals surface area contributed by atoms with E-state index in [9.17, 15) is 9.59 Å². The van der Waals surface area contributed by atoms with E-state index in [4.69, 9.17) is 47.4 Å². The van der Waals surface area contributed by atoms with Crippen LogP contribution in [0.25, 0.3) is 0 Å². The van der Waals surface area contributed by atoms with Crippen molar-refractivity contribution in [2.24, 2.45) is 0 Å². The van der Waals surface area contributed by atoms with Crippen molar-refractivity contribution in [3.05, 3.63) is 35.4 Å². The molecular formula is C27H39NO12. The Labute approximate surface area is 233 Å². The summed E-state index contributed by atoms with van der Waals surface area (Å²) in [7, 11) is 10.6. The van der Waals surface area contributed by atoms with E-state index in [-0.39, 0.29) is 13.2 Å². The van der Waals surface area contributed by atoms with Gasteiger partial charge in [0.15, 0.2) is 12.6 Å². The van der Waals surface area contributed by atoms with Gasteiger partial charge in [-0.05, 0) is 12.1 Å². The van der Waals surface area contributed by atoms with Crippen LogP contribution in [0, 0.1) is 0 Å². The van der Waals surface area contributed by atoms with Gasteiger partial charge in [0.1, 0.15) is 48.8 Å². The predicted octanol–water partition coefficient (Wildman–Crippen LogP) is 0.485. The molecule has 1 aromatic carbocycles. The molecule has 3 aliphatic rings. The van der Waals surface area contributed by atoms with Gasteiger partial charge in [-0.1, -0.05) is 12.1 Å². The Balaban J connectivity index is 1.66. The normalized spacial score (nSPS) is 36.2. The Morgan fingerprint density at radius 3 is 1.62 bits per heavy atom. The van der Waals surface area contributed by atoms with Gasteiger partial charge in [0.2, 0.25) is 0 Å². The number of hydrogen-bond acceptors (Lipinski definition) is 12. The molecule has 0 spiro atoms. The highest BCUT2D eigenvalue weighted by Crippen LogP contribution is 2.35. The van der Waals surface area contributed by atoms with Crippen LogP contribution >= 0.6 is 0 Å². The minimum Gasteiger partial charge on any atom is -0.382 e. The highest BCUT2D eigenvalue weighted by molar-refractivity contribution is 6.21. The van der Waals surface area contributed by atoms with Crippen LogP contribution < -0.4 is 0 Å². The van der Waals surface area contributed by atoms with Crippen LogP contribution in [0.5, 0.6) is 0 Å². The zero-order valence-electron chi connectivity index (χ0n) is 23.8. The Hall–Kier alpha value is -2.04. The third-order valence-electron chi connectivity index (χ3n) is 7.64. The van der Waals surface area contributed by atoms with Crippen molar-refractivity contribution in [1.82, 2.24) is 4.90 Å². The molecule has 10 atom stereocenters. The molecule has 0 bridgehead atoms. The molecule has 1 aromatic rings. The number of ether oxygens (including phenoxy) is 10. The van der Waals surface area contributed by atoms with Gasteiger partial charge in [-0.3, -0.25) is 14.5 Å². The number of rotatable bonds is 12. The lowest BCUT2D eigenvalue weighted by atomic mass is 9.95. The van der Waals surface area contributed by atoms with Gasteiger partial charge in [-0.15, -0.1) is 0 Å². The van der Waals surface area contributed by atoms with Gasteiger partial charge in [-0.25, -0.2) is 0 Å². The second-order valence-corrected chi connectivity index (χ2v) is 9.65. The Morgan fingerprint density at radius 2 is 1.12 bits per heavy atom. The largest absolute Gasteiger partial charge is 0.382 e. The lowest BCUT2D eigenvalue weighted by Gasteiger charge is -2.49. The van der Waals surface area contributed by atoms with Crippen LogP contribution in [-0.2, 0) is 47.4 Å². The first-order chi connectivity index (χ1) is 19.4. The van der Waals surface area contributed by atoms with Crippen molar-refractivity contribution in [1.29, 1.82) is 0 Å². The molecule has 4 rings (SSSR count). The van der Waals surface area contributed by atoms with Crippen LogP contribution in [0.3, 0.4) is 0 Å². The van der Waals surface area contributed by atoms with Gasteiger partial charge >= 0.3 is 0 Å². The lowest BCUT2D eigenvalue weighted by molar-refractivity contribution is -0.363. The molecule has 0 unspecified atom stereocenters. The van der Waals surface area contributed by atoms with Crippen molar-refractivity contribution in [2.45, 2.75) is 61.4 Å². The monoisotopic (exact) mass is 569 g/mol. The van der Waals surface area contributed by atoms with E-state index >= 15 is 0 Å². The summed E-state index contributed by atoms with van der Waals surface area (Å²) in [5.41, 5.74) is 0.654. The number of methoxy groups -OCH3 is 7. The summed E-state index contributed by atoms with van der Waals surface area (Å²) in [6.07, 6.45) is -7.44. The molecule has 2 amide bonds. The van der Waals surface area contributed by atoms with Crippen LogP contribution in [0.2, 0.25) is 0 Å². The minimum absolute atomic E-state index is 0.132. The third-order valence-corrected chi connectivity index (χ3v) is 7.64. The standard InChI is InChI=1S/C27H39NO12/c1-31-13-17-18(32-2)20(33-3)23(36-6)27(39-17)40-19-16(38-26(37-7)22(35-5)21(19)34-4)12-28-24(29)14-10-8-9-11-15(14)25(28)30/h8-11,16-23,26-27H,12-13H2,1-7H3/t16-,17-,18-,19-,20+,21+,22-,23+,26+,27-/m1/s1. The molecule has 3 heterocycles. The number of carbonyl (C=O) groups excluding carboxylic acids is 2. The maximum Gasteiger partial charge on any atom is 0.261 e. The number of imide groups is 1. The zero-order chi connectivity index (χ0) is 29.0. The Morgan fingerprint density at radius 1 is 0.625 bits per heavy atom. The van der Waals surface area contributed by atoms with E-state index < -0.39 is 73.2 Å². The fourth-order valence-corrected chi connectivity index (χ4v) is 5.72. The maximum absolute atomic E-state index is 13.2. The molecular weight excluding hydrogens is 530 g/mol. The molecule has 40 heavy (non-hydrogen) atoms. The first kappa shape index (κ1) is 30.9. The molecule has 3 aliphatic heterocycles. The number of amides is 2. The summed E-state index contributed by atoms with van der Waals surface area (Å²) in [5.74, 6) is -0.850. The van der Waals surface area contributed by atoms with E-state index in [1.807, 2.05) is 0 Å². The van der Waals surface area contributed by atoms with E-state index in [0.29, 0.717) is 11.1 Å². The van der Waals surface area contributed by atoms with Crippen LogP contribution in [0.4, 0.5) is 0 Å². The van der Waals surface area contributed by atoms with Gasteiger partial charge in [-0.2, -0.15) is 0 Å². The molecule has 0 N–H and O–H groups in total. The van der Waals surface area contributed by atoms with Gasteiger partial charge in [0.05, 0.1) is 24.3 Å². The van der Waals surface area contributed by atoms with Gasteiger partial charge < -0.3 is 47.4 Å². The number of carbonyl (C=O) groups is 2. The highest BCUT2D eigenvalue weighted by atomic mass is 16.8. The second-order valence-electron chi connectivity index (χ2n) is 9.65. The summed E-state index contributed by atoms with van der Waals surface area (Å²) in [6.45, 7) is 0.0713. The third kappa shape index (κ3) is 5.68. The summed E-state index contributed by atoms with van der Waals surface area (Å²) in [6, 6.07) is 6.66. The maximum atomic E-state index is 13.2. The fraction of sp³-hybridized carbons (Fsp3) is 0.704. The van der Waals surface area contributed by atoms with E-state index in [1.165, 1.54) is 28.4 Å². The highest BCUT2D eigenvalue weighted by Gasteiger charge is 2.54. The average molecular weight is 570 g/mol. The van der Waals surface area contributed by atoms with Crippen molar-refractivity contribution in [3.63, 3.8) is 0 Å². The van der Waals surface area contributed by atoms with E-state index in [2.05, 4.69) is 0 Å². The molecule has 0 aromatic heterocycles. The number of fused-ring (bicyclic) bond motifs is 1. The number of hydrogen-bond donors (Lipinski definition) is 0. The van der Waals surface area contributed by atoms with Gasteiger partial charge in [0, 0.05) is 49.8 Å². The first-order valence-electron chi connectivity index (χ1n) is 13.0. The number of benzene rings is 1. The molecule has 0 aliphatic carbocycles. The topological polar surface area (TPSA) is 130 Å². The minimum atomic E-state index is -0.992. The summed E-state index contributed by atoms with van der Waals surface area (Å²) in [5, 5.41) is 0.